The first-order valence-electron chi connectivity index (χ1n) is 6.31. The van der Waals surface area contributed by atoms with Gasteiger partial charge in [-0.2, -0.15) is 0 Å². The van der Waals surface area contributed by atoms with Crippen LogP contribution in [0, 0.1) is 5.92 Å². The van der Waals surface area contributed by atoms with Crippen molar-refractivity contribution in [3.05, 3.63) is 0 Å². The normalized spacial score (nSPS) is 39.4. The zero-order chi connectivity index (χ0) is 9.97. The number of fused-ring (bicyclic) bond motifs is 1. The van der Waals surface area contributed by atoms with Crippen molar-refractivity contribution in [3.63, 3.8) is 0 Å². The van der Waals surface area contributed by atoms with Crippen LogP contribution in [-0.2, 0) is 0 Å². The van der Waals surface area contributed by atoms with Crippen LogP contribution in [0.3, 0.4) is 0 Å². The molecule has 1 N–H and O–H groups in total. The molecule has 0 bridgehead atoms. The molecule has 2 aliphatic heterocycles. The number of rotatable bonds is 2. The summed E-state index contributed by atoms with van der Waals surface area (Å²) in [6.07, 6.45) is 5.59. The maximum Gasteiger partial charge on any atom is 0.0226 e. The highest BCUT2D eigenvalue weighted by atomic mass is 15.2. The summed E-state index contributed by atoms with van der Waals surface area (Å²) in [5.41, 5.74) is 0. The number of piperidine rings is 2. The van der Waals surface area contributed by atoms with Gasteiger partial charge in [-0.15, -0.1) is 0 Å². The third kappa shape index (κ3) is 2.12. The predicted molar refractivity (Wildman–Crippen MR) is 60.5 cm³/mol. The molecule has 0 saturated carbocycles. The lowest BCUT2D eigenvalue weighted by Gasteiger charge is -2.44. The summed E-state index contributed by atoms with van der Waals surface area (Å²) in [5, 5.41) is 3.83. The van der Waals surface area contributed by atoms with Crippen LogP contribution >= 0.6 is 0 Å². The van der Waals surface area contributed by atoms with Gasteiger partial charge in [-0.05, 0) is 44.7 Å². The average Bonchev–Trinajstić information content (AvgIpc) is 2.27. The second-order valence-corrected chi connectivity index (χ2v) is 4.90. The lowest BCUT2D eigenvalue weighted by molar-refractivity contribution is 0.103. The number of likely N-dealkylation sites (N-methyl/N-ethyl adjacent to an activating group) is 1. The van der Waals surface area contributed by atoms with Crippen LogP contribution in [0.25, 0.3) is 0 Å². The molecular weight excluding hydrogens is 172 g/mol. The molecule has 0 spiro atoms. The smallest absolute Gasteiger partial charge is 0.0226 e. The molecule has 2 aliphatic rings. The molecule has 2 heterocycles. The molecular formula is C12H24N2. The Morgan fingerprint density at radius 1 is 1.21 bits per heavy atom. The van der Waals surface area contributed by atoms with E-state index in [4.69, 9.17) is 0 Å². The molecule has 0 aromatic heterocycles. The molecule has 0 amide bonds. The maximum absolute atomic E-state index is 3.83. The van der Waals surface area contributed by atoms with Gasteiger partial charge >= 0.3 is 0 Å². The van der Waals surface area contributed by atoms with E-state index < -0.39 is 0 Å². The van der Waals surface area contributed by atoms with E-state index in [2.05, 4.69) is 24.1 Å². The van der Waals surface area contributed by atoms with Crippen molar-refractivity contribution < 1.29 is 0 Å². The largest absolute Gasteiger partial charge is 0.310 e. The number of nitrogens with zero attached hydrogens (tertiary/aromatic N) is 1. The molecule has 82 valence electrons. The summed E-state index contributed by atoms with van der Waals surface area (Å²) in [6.45, 7) is 8.42. The van der Waals surface area contributed by atoms with E-state index >= 15 is 0 Å². The predicted octanol–water partition coefficient (Wildman–Crippen LogP) is 1.86. The average molecular weight is 196 g/mol. The minimum Gasteiger partial charge on any atom is -0.310 e. The van der Waals surface area contributed by atoms with Crippen molar-refractivity contribution in [1.82, 2.24) is 10.2 Å². The van der Waals surface area contributed by atoms with Crippen LogP contribution in [0.5, 0.6) is 0 Å². The summed E-state index contributed by atoms with van der Waals surface area (Å²) in [7, 11) is 0. The molecule has 0 aromatic carbocycles. The van der Waals surface area contributed by atoms with Gasteiger partial charge in [0, 0.05) is 18.6 Å². The van der Waals surface area contributed by atoms with Crippen molar-refractivity contribution in [1.29, 1.82) is 0 Å². The van der Waals surface area contributed by atoms with Gasteiger partial charge in [-0.3, -0.25) is 0 Å². The van der Waals surface area contributed by atoms with Gasteiger partial charge in [0.05, 0.1) is 0 Å². The molecule has 3 atom stereocenters. The Bertz CT molecular complexity index is 163. The van der Waals surface area contributed by atoms with Gasteiger partial charge in [0.15, 0.2) is 0 Å². The fraction of sp³-hybridized carbons (Fsp3) is 1.00. The van der Waals surface area contributed by atoms with Crippen molar-refractivity contribution >= 4 is 0 Å². The van der Waals surface area contributed by atoms with Crippen molar-refractivity contribution in [2.24, 2.45) is 5.92 Å². The lowest BCUT2D eigenvalue weighted by atomic mass is 9.82. The van der Waals surface area contributed by atoms with Crippen LogP contribution in [-0.4, -0.2) is 36.6 Å². The second kappa shape index (κ2) is 4.63. The first kappa shape index (κ1) is 10.4. The Kier molecular flexibility index (Phi) is 3.45. The van der Waals surface area contributed by atoms with Gasteiger partial charge in [0.2, 0.25) is 0 Å². The molecule has 2 rings (SSSR count). The van der Waals surface area contributed by atoms with E-state index in [1.54, 1.807) is 0 Å². The fourth-order valence-corrected chi connectivity index (χ4v) is 3.01. The minimum atomic E-state index is 0.794. The van der Waals surface area contributed by atoms with Crippen LogP contribution < -0.4 is 5.32 Å². The Balaban J connectivity index is 1.90. The molecule has 2 fully saturated rings. The van der Waals surface area contributed by atoms with E-state index in [1.807, 2.05) is 0 Å². The number of hydrogen-bond acceptors (Lipinski definition) is 2. The van der Waals surface area contributed by atoms with Crippen LogP contribution in [0.4, 0.5) is 0 Å². The standard InChI is InChI=1S/C12H24N2/c1-3-11-6-5-10-7-8-14(4-2)9-12(10)13-11/h10-13H,3-9H2,1-2H3/t10-,11?,12+/m1/s1. The summed E-state index contributed by atoms with van der Waals surface area (Å²) >= 11 is 0. The molecule has 0 radical (unpaired) electrons. The highest BCUT2D eigenvalue weighted by Crippen LogP contribution is 2.28. The highest BCUT2D eigenvalue weighted by molar-refractivity contribution is 4.91. The monoisotopic (exact) mass is 196 g/mol. The highest BCUT2D eigenvalue weighted by Gasteiger charge is 2.33. The zero-order valence-corrected chi connectivity index (χ0v) is 9.63. The quantitative estimate of drug-likeness (QED) is 0.725. The number of likely N-dealkylation sites (tertiary alicyclic amines) is 1. The summed E-state index contributed by atoms with van der Waals surface area (Å²) in [6, 6.07) is 1.59. The Labute approximate surface area is 88.1 Å². The summed E-state index contributed by atoms with van der Waals surface area (Å²) < 4.78 is 0. The number of nitrogens with one attached hydrogen (secondary N) is 1. The van der Waals surface area contributed by atoms with E-state index in [-0.39, 0.29) is 0 Å². The van der Waals surface area contributed by atoms with E-state index in [0.29, 0.717) is 0 Å². The lowest BCUT2D eigenvalue weighted by Crippen LogP contribution is -2.56. The maximum atomic E-state index is 3.83. The molecule has 2 nitrogen and oxygen atoms in total. The minimum absolute atomic E-state index is 0.794. The molecule has 2 heteroatoms. The zero-order valence-electron chi connectivity index (χ0n) is 9.63. The van der Waals surface area contributed by atoms with Crippen molar-refractivity contribution in [2.45, 2.75) is 51.6 Å². The molecule has 0 aromatic rings. The van der Waals surface area contributed by atoms with Gasteiger partial charge in [0.1, 0.15) is 0 Å². The van der Waals surface area contributed by atoms with Crippen molar-refractivity contribution in [2.75, 3.05) is 19.6 Å². The third-order valence-corrected chi connectivity index (χ3v) is 4.12. The summed E-state index contributed by atoms with van der Waals surface area (Å²) in [5.74, 6) is 0.973. The second-order valence-electron chi connectivity index (χ2n) is 4.90. The van der Waals surface area contributed by atoms with Gasteiger partial charge < -0.3 is 10.2 Å². The van der Waals surface area contributed by atoms with Crippen molar-refractivity contribution in [3.8, 4) is 0 Å². The SMILES string of the molecule is CCC1CC[C@@H]2CCN(CC)C[C@@H]2N1. The third-order valence-electron chi connectivity index (χ3n) is 4.12. The number of hydrogen-bond donors (Lipinski definition) is 1. The van der Waals surface area contributed by atoms with Crippen LogP contribution in [0.2, 0.25) is 0 Å². The molecule has 1 unspecified atom stereocenters. The van der Waals surface area contributed by atoms with E-state index in [9.17, 15) is 0 Å². The van der Waals surface area contributed by atoms with Gasteiger partial charge in [-0.25, -0.2) is 0 Å². The van der Waals surface area contributed by atoms with E-state index in [0.717, 1.165) is 18.0 Å². The fourth-order valence-electron chi connectivity index (χ4n) is 3.01. The first-order chi connectivity index (χ1) is 6.83. The molecule has 0 aliphatic carbocycles. The van der Waals surface area contributed by atoms with Crippen LogP contribution in [0.15, 0.2) is 0 Å². The Morgan fingerprint density at radius 2 is 2.07 bits per heavy atom. The van der Waals surface area contributed by atoms with Gasteiger partial charge in [0.25, 0.3) is 0 Å². The Hall–Kier alpha value is -0.0800. The topological polar surface area (TPSA) is 15.3 Å². The van der Waals surface area contributed by atoms with E-state index in [1.165, 1.54) is 45.3 Å². The van der Waals surface area contributed by atoms with Gasteiger partial charge in [-0.1, -0.05) is 13.8 Å². The molecule has 2 saturated heterocycles. The van der Waals surface area contributed by atoms with Crippen LogP contribution in [0.1, 0.15) is 39.5 Å². The first-order valence-corrected chi connectivity index (χ1v) is 6.31. The molecule has 14 heavy (non-hydrogen) atoms. The Morgan fingerprint density at radius 3 is 2.79 bits per heavy atom. The summed E-state index contributed by atoms with van der Waals surface area (Å²) in [4.78, 5) is 2.59.